The SMILES string of the molecule is COc1c(C)cnc(CC(C)(O)c2cccs2)c1C. The van der Waals surface area contributed by atoms with Crippen LogP contribution in [0.2, 0.25) is 0 Å². The number of aromatic nitrogens is 1. The molecule has 0 aromatic carbocycles. The van der Waals surface area contributed by atoms with Crippen molar-refractivity contribution in [2.75, 3.05) is 7.11 Å². The number of nitrogens with zero attached hydrogens (tertiary/aromatic N) is 1. The summed E-state index contributed by atoms with van der Waals surface area (Å²) in [7, 11) is 1.66. The Morgan fingerprint density at radius 3 is 2.74 bits per heavy atom. The van der Waals surface area contributed by atoms with Gasteiger partial charge in [0.05, 0.1) is 12.8 Å². The topological polar surface area (TPSA) is 42.4 Å². The van der Waals surface area contributed by atoms with Crippen LogP contribution < -0.4 is 4.74 Å². The van der Waals surface area contributed by atoms with Crippen molar-refractivity contribution in [2.24, 2.45) is 0 Å². The van der Waals surface area contributed by atoms with E-state index in [-0.39, 0.29) is 0 Å². The first-order valence-corrected chi connectivity index (χ1v) is 7.09. The van der Waals surface area contributed by atoms with Crippen LogP contribution in [0.25, 0.3) is 0 Å². The summed E-state index contributed by atoms with van der Waals surface area (Å²) in [5.41, 5.74) is 1.99. The molecule has 3 nitrogen and oxygen atoms in total. The third kappa shape index (κ3) is 2.80. The van der Waals surface area contributed by atoms with Crippen LogP contribution >= 0.6 is 11.3 Å². The van der Waals surface area contributed by atoms with Gasteiger partial charge in [-0.1, -0.05) is 6.07 Å². The molecule has 2 heterocycles. The number of aliphatic hydroxyl groups is 1. The summed E-state index contributed by atoms with van der Waals surface area (Å²) in [6.07, 6.45) is 2.28. The number of hydrogen-bond donors (Lipinski definition) is 1. The minimum absolute atomic E-state index is 0.482. The van der Waals surface area contributed by atoms with Crippen molar-refractivity contribution in [1.29, 1.82) is 0 Å². The van der Waals surface area contributed by atoms with Crippen LogP contribution in [0.15, 0.2) is 23.7 Å². The first-order chi connectivity index (χ1) is 8.95. The van der Waals surface area contributed by atoms with Crippen molar-refractivity contribution in [2.45, 2.75) is 32.8 Å². The number of rotatable bonds is 4. The summed E-state index contributed by atoms with van der Waals surface area (Å²) in [5.74, 6) is 0.854. The zero-order chi connectivity index (χ0) is 14.0. The first-order valence-electron chi connectivity index (χ1n) is 6.21. The number of ether oxygens (including phenoxy) is 1. The Kier molecular flexibility index (Phi) is 3.92. The van der Waals surface area contributed by atoms with Gasteiger partial charge in [0.1, 0.15) is 11.4 Å². The zero-order valence-corrected chi connectivity index (χ0v) is 12.5. The van der Waals surface area contributed by atoms with Crippen LogP contribution in [0, 0.1) is 13.8 Å². The maximum Gasteiger partial charge on any atom is 0.128 e. The third-order valence-corrected chi connectivity index (χ3v) is 4.44. The molecule has 2 rings (SSSR count). The molecule has 1 N–H and O–H groups in total. The second-order valence-corrected chi connectivity index (χ2v) is 5.92. The summed E-state index contributed by atoms with van der Waals surface area (Å²) >= 11 is 1.56. The molecular formula is C15H19NO2S. The van der Waals surface area contributed by atoms with Crippen molar-refractivity contribution < 1.29 is 9.84 Å². The highest BCUT2D eigenvalue weighted by Gasteiger charge is 2.27. The Morgan fingerprint density at radius 2 is 2.16 bits per heavy atom. The predicted octanol–water partition coefficient (Wildman–Crippen LogP) is 3.22. The van der Waals surface area contributed by atoms with Gasteiger partial charge in [0.15, 0.2) is 0 Å². The standard InChI is InChI=1S/C15H19NO2S/c1-10-9-16-12(11(2)14(10)18-4)8-15(3,17)13-6-5-7-19-13/h5-7,9,17H,8H2,1-4H3. The minimum Gasteiger partial charge on any atom is -0.496 e. The van der Waals surface area contributed by atoms with Crippen LogP contribution in [-0.2, 0) is 12.0 Å². The highest BCUT2D eigenvalue weighted by atomic mass is 32.1. The van der Waals surface area contributed by atoms with E-state index in [9.17, 15) is 5.11 Å². The van der Waals surface area contributed by atoms with Gasteiger partial charge in [-0.3, -0.25) is 4.98 Å². The van der Waals surface area contributed by atoms with Gasteiger partial charge in [0.2, 0.25) is 0 Å². The van der Waals surface area contributed by atoms with Gasteiger partial charge in [0, 0.05) is 28.6 Å². The Morgan fingerprint density at radius 1 is 1.42 bits per heavy atom. The lowest BCUT2D eigenvalue weighted by molar-refractivity contribution is 0.0602. The van der Waals surface area contributed by atoms with E-state index >= 15 is 0 Å². The zero-order valence-electron chi connectivity index (χ0n) is 11.7. The molecule has 0 saturated carbocycles. The highest BCUT2D eigenvalue weighted by Crippen LogP contribution is 2.32. The monoisotopic (exact) mass is 277 g/mol. The Balaban J connectivity index is 2.34. The van der Waals surface area contributed by atoms with Crippen LogP contribution in [0.1, 0.15) is 28.6 Å². The van der Waals surface area contributed by atoms with Crippen LogP contribution in [0.4, 0.5) is 0 Å². The molecule has 0 radical (unpaired) electrons. The van der Waals surface area contributed by atoms with Gasteiger partial charge < -0.3 is 9.84 Å². The van der Waals surface area contributed by atoms with Gasteiger partial charge in [0.25, 0.3) is 0 Å². The van der Waals surface area contributed by atoms with Gasteiger partial charge in [-0.05, 0) is 32.2 Å². The molecule has 2 aromatic rings. The average molecular weight is 277 g/mol. The molecule has 0 spiro atoms. The van der Waals surface area contributed by atoms with Gasteiger partial charge >= 0.3 is 0 Å². The number of pyridine rings is 1. The lowest BCUT2D eigenvalue weighted by Crippen LogP contribution is -2.24. The van der Waals surface area contributed by atoms with E-state index in [1.807, 2.05) is 38.3 Å². The average Bonchev–Trinajstić information content (AvgIpc) is 2.88. The predicted molar refractivity (Wildman–Crippen MR) is 77.9 cm³/mol. The lowest BCUT2D eigenvalue weighted by atomic mass is 9.95. The summed E-state index contributed by atoms with van der Waals surface area (Å²) in [6, 6.07) is 3.90. The van der Waals surface area contributed by atoms with Crippen LogP contribution in [0.3, 0.4) is 0 Å². The molecule has 0 bridgehead atoms. The van der Waals surface area contributed by atoms with Gasteiger partial charge in [-0.15, -0.1) is 11.3 Å². The molecule has 0 saturated heterocycles. The maximum absolute atomic E-state index is 10.6. The molecule has 0 fully saturated rings. The van der Waals surface area contributed by atoms with Gasteiger partial charge in [-0.2, -0.15) is 0 Å². The molecule has 1 unspecified atom stereocenters. The fourth-order valence-corrected chi connectivity index (χ4v) is 3.03. The van der Waals surface area contributed by atoms with E-state index < -0.39 is 5.60 Å². The fraction of sp³-hybridized carbons (Fsp3) is 0.400. The Labute approximate surface area is 117 Å². The molecule has 1 atom stereocenters. The van der Waals surface area contributed by atoms with E-state index in [1.165, 1.54) is 0 Å². The summed E-state index contributed by atoms with van der Waals surface area (Å²) in [4.78, 5) is 5.40. The number of hydrogen-bond acceptors (Lipinski definition) is 4. The van der Waals surface area contributed by atoms with Crippen molar-refractivity contribution in [1.82, 2.24) is 4.98 Å². The first kappa shape index (κ1) is 14.0. The van der Waals surface area contributed by atoms with E-state index in [2.05, 4.69) is 4.98 Å². The van der Waals surface area contributed by atoms with Crippen LogP contribution in [0.5, 0.6) is 5.75 Å². The molecule has 102 valence electrons. The van der Waals surface area contributed by atoms with E-state index in [0.717, 1.165) is 27.4 Å². The Hall–Kier alpha value is -1.39. The molecule has 4 heteroatoms. The van der Waals surface area contributed by atoms with Crippen molar-refractivity contribution in [3.8, 4) is 5.75 Å². The van der Waals surface area contributed by atoms with E-state index in [0.29, 0.717) is 6.42 Å². The lowest BCUT2D eigenvalue weighted by Gasteiger charge is -2.23. The summed E-state index contributed by atoms with van der Waals surface area (Å²) < 4.78 is 5.40. The van der Waals surface area contributed by atoms with Crippen molar-refractivity contribution >= 4 is 11.3 Å². The highest BCUT2D eigenvalue weighted by molar-refractivity contribution is 7.10. The smallest absolute Gasteiger partial charge is 0.128 e. The van der Waals surface area contributed by atoms with Crippen LogP contribution in [-0.4, -0.2) is 17.2 Å². The van der Waals surface area contributed by atoms with Crippen molar-refractivity contribution in [3.05, 3.63) is 45.4 Å². The van der Waals surface area contributed by atoms with E-state index in [1.54, 1.807) is 24.6 Å². The third-order valence-electron chi connectivity index (χ3n) is 3.31. The maximum atomic E-state index is 10.6. The Bertz CT molecular complexity index is 562. The second-order valence-electron chi connectivity index (χ2n) is 4.97. The number of aryl methyl sites for hydroxylation is 1. The molecule has 19 heavy (non-hydrogen) atoms. The largest absolute Gasteiger partial charge is 0.496 e. The second kappa shape index (κ2) is 5.31. The van der Waals surface area contributed by atoms with Crippen molar-refractivity contribution in [3.63, 3.8) is 0 Å². The normalized spacial score (nSPS) is 14.2. The summed E-state index contributed by atoms with van der Waals surface area (Å²) in [5, 5.41) is 12.6. The fourth-order valence-electron chi connectivity index (χ4n) is 2.25. The molecule has 0 aliphatic heterocycles. The van der Waals surface area contributed by atoms with Gasteiger partial charge in [-0.25, -0.2) is 0 Å². The molecule has 2 aromatic heterocycles. The molecule has 0 aliphatic rings. The summed E-state index contributed by atoms with van der Waals surface area (Å²) in [6.45, 7) is 5.78. The molecule has 0 amide bonds. The van der Waals surface area contributed by atoms with E-state index in [4.69, 9.17) is 4.74 Å². The minimum atomic E-state index is -0.897. The number of methoxy groups -OCH3 is 1. The molecule has 0 aliphatic carbocycles. The molecular weight excluding hydrogens is 258 g/mol. The number of thiophene rings is 1. The quantitative estimate of drug-likeness (QED) is 0.933.